The van der Waals surface area contributed by atoms with Crippen LogP contribution in [0.1, 0.15) is 42.2 Å². The summed E-state index contributed by atoms with van der Waals surface area (Å²) in [4.78, 5) is 38.9. The number of fused-ring (bicyclic) bond motifs is 4. The molecule has 1 N–H and O–H groups in total. The lowest BCUT2D eigenvalue weighted by Gasteiger charge is -2.43. The van der Waals surface area contributed by atoms with Crippen LogP contribution in [0.2, 0.25) is 0 Å². The molecular formula is C24H27N3O4S2. The number of carbonyl (C=O) groups is 2. The Labute approximate surface area is 202 Å². The number of esters is 1. The first-order valence-electron chi connectivity index (χ1n) is 11.1. The number of nitrogens with zero attached hydrogens (tertiary/aromatic N) is 2. The number of likely N-dealkylation sites (tertiary alicyclic amines) is 1. The monoisotopic (exact) mass is 485 g/mol. The molecule has 7 nitrogen and oxygen atoms in total. The summed E-state index contributed by atoms with van der Waals surface area (Å²) >= 11 is 7.07. The minimum atomic E-state index is -0.386. The number of thiocarbonyl (C=S) groups is 1. The fourth-order valence-electron chi connectivity index (χ4n) is 4.47. The van der Waals surface area contributed by atoms with Crippen molar-refractivity contribution in [2.45, 2.75) is 38.0 Å². The predicted molar refractivity (Wildman–Crippen MR) is 134 cm³/mol. The van der Waals surface area contributed by atoms with Crippen LogP contribution in [-0.2, 0) is 16.1 Å². The van der Waals surface area contributed by atoms with Gasteiger partial charge in [-0.25, -0.2) is 4.79 Å². The van der Waals surface area contributed by atoms with E-state index in [2.05, 4.69) is 10.2 Å². The average Bonchev–Trinajstić information content (AvgIpc) is 2.80. The lowest BCUT2D eigenvalue weighted by molar-refractivity contribution is -0.115. The number of aromatic nitrogens is 1. The van der Waals surface area contributed by atoms with E-state index in [1.165, 1.54) is 11.8 Å². The molecule has 2 aliphatic heterocycles. The van der Waals surface area contributed by atoms with Crippen LogP contribution in [0, 0.1) is 5.92 Å². The Morgan fingerprint density at radius 2 is 1.94 bits per heavy atom. The largest absolute Gasteiger partial charge is 0.462 e. The molecule has 2 aromatic rings. The van der Waals surface area contributed by atoms with Gasteiger partial charge in [-0.1, -0.05) is 30.0 Å². The first-order valence-corrected chi connectivity index (χ1v) is 12.4. The van der Waals surface area contributed by atoms with E-state index < -0.39 is 0 Å². The molecule has 0 unspecified atom stereocenters. The summed E-state index contributed by atoms with van der Waals surface area (Å²) in [6.45, 7) is 6.18. The summed E-state index contributed by atoms with van der Waals surface area (Å²) in [5.41, 5.74) is 2.19. The van der Waals surface area contributed by atoms with E-state index in [1.807, 2.05) is 23.6 Å². The number of hydrogen-bond donors (Lipinski definition) is 1. The zero-order chi connectivity index (χ0) is 23.5. The number of rotatable bonds is 5. The fraction of sp³-hybridized carbons (Fsp3) is 0.417. The molecule has 33 heavy (non-hydrogen) atoms. The normalized spacial score (nSPS) is 19.9. The molecule has 1 saturated heterocycles. The van der Waals surface area contributed by atoms with Crippen LogP contribution in [0.4, 0.5) is 5.69 Å². The fourth-order valence-corrected chi connectivity index (χ4v) is 5.82. The second kappa shape index (κ2) is 10.1. The van der Waals surface area contributed by atoms with E-state index >= 15 is 0 Å². The molecule has 0 spiro atoms. The van der Waals surface area contributed by atoms with Crippen LogP contribution < -0.4 is 10.9 Å². The Hall–Kier alpha value is -2.65. The van der Waals surface area contributed by atoms with Gasteiger partial charge in [-0.15, -0.1) is 0 Å². The third-order valence-electron chi connectivity index (χ3n) is 6.05. The number of piperidine rings is 1. The molecule has 1 fully saturated rings. The van der Waals surface area contributed by atoms with E-state index in [0.717, 1.165) is 25.2 Å². The SMILES string of the molecule is CCOC(=O)c1ccc(NC(=O)[C@@H](C)SC(=S)N2C[C@@H]3C[C@@H](C2)c2cccc(=O)n2C3)cc1. The lowest BCUT2D eigenvalue weighted by atomic mass is 9.83. The van der Waals surface area contributed by atoms with Gasteiger partial charge in [0.2, 0.25) is 5.91 Å². The van der Waals surface area contributed by atoms with Crippen molar-refractivity contribution in [2.75, 3.05) is 25.0 Å². The first kappa shape index (κ1) is 23.5. The van der Waals surface area contributed by atoms with Gasteiger partial charge in [0.05, 0.1) is 17.4 Å². The Kier molecular flexibility index (Phi) is 7.19. The van der Waals surface area contributed by atoms with Crippen molar-refractivity contribution in [1.29, 1.82) is 0 Å². The molecule has 0 radical (unpaired) electrons. The molecule has 1 amide bonds. The van der Waals surface area contributed by atoms with Gasteiger partial charge in [0.15, 0.2) is 0 Å². The number of hydrogen-bond acceptors (Lipinski definition) is 6. The van der Waals surface area contributed by atoms with Crippen LogP contribution in [-0.4, -0.2) is 50.6 Å². The molecule has 2 bridgehead atoms. The average molecular weight is 486 g/mol. The summed E-state index contributed by atoms with van der Waals surface area (Å²) in [5, 5.41) is 2.50. The highest BCUT2D eigenvalue weighted by Crippen LogP contribution is 2.36. The molecule has 0 saturated carbocycles. The quantitative estimate of drug-likeness (QED) is 0.513. The summed E-state index contributed by atoms with van der Waals surface area (Å²) in [5.74, 6) is 0.104. The second-order valence-corrected chi connectivity index (χ2v) is 10.4. The summed E-state index contributed by atoms with van der Waals surface area (Å²) in [7, 11) is 0. The summed E-state index contributed by atoms with van der Waals surface area (Å²) in [6, 6.07) is 12.1. The number of amides is 1. The van der Waals surface area contributed by atoms with E-state index in [0.29, 0.717) is 34.6 Å². The third kappa shape index (κ3) is 5.30. The Morgan fingerprint density at radius 3 is 2.67 bits per heavy atom. The maximum Gasteiger partial charge on any atom is 0.338 e. The molecule has 3 atom stereocenters. The molecule has 0 aliphatic carbocycles. The summed E-state index contributed by atoms with van der Waals surface area (Å²) < 4.78 is 7.58. The van der Waals surface area contributed by atoms with Gasteiger partial charge in [-0.2, -0.15) is 0 Å². The van der Waals surface area contributed by atoms with Crippen LogP contribution in [0.3, 0.4) is 0 Å². The molecule has 2 aliphatic rings. The van der Waals surface area contributed by atoms with Crippen molar-refractivity contribution in [2.24, 2.45) is 5.92 Å². The predicted octanol–water partition coefficient (Wildman–Crippen LogP) is 3.49. The third-order valence-corrected chi connectivity index (χ3v) is 7.62. The first-order chi connectivity index (χ1) is 15.9. The van der Waals surface area contributed by atoms with E-state index in [-0.39, 0.29) is 28.6 Å². The topological polar surface area (TPSA) is 80.6 Å². The zero-order valence-electron chi connectivity index (χ0n) is 18.7. The van der Waals surface area contributed by atoms with Crippen molar-refractivity contribution < 1.29 is 14.3 Å². The smallest absolute Gasteiger partial charge is 0.338 e. The Balaban J connectivity index is 1.34. The summed E-state index contributed by atoms with van der Waals surface area (Å²) in [6.07, 6.45) is 1.06. The molecule has 174 valence electrons. The van der Waals surface area contributed by atoms with Crippen molar-refractivity contribution in [3.05, 3.63) is 64.1 Å². The van der Waals surface area contributed by atoms with Gasteiger partial charge < -0.3 is 19.5 Å². The highest BCUT2D eigenvalue weighted by atomic mass is 32.2. The Morgan fingerprint density at radius 1 is 1.18 bits per heavy atom. The molecule has 4 rings (SSSR count). The van der Waals surface area contributed by atoms with Gasteiger partial charge >= 0.3 is 5.97 Å². The maximum atomic E-state index is 12.7. The minimum Gasteiger partial charge on any atom is -0.462 e. The zero-order valence-corrected chi connectivity index (χ0v) is 20.3. The molecule has 3 heterocycles. The maximum absolute atomic E-state index is 12.7. The van der Waals surface area contributed by atoms with Crippen LogP contribution >= 0.6 is 24.0 Å². The molecule has 9 heteroatoms. The highest BCUT2D eigenvalue weighted by Gasteiger charge is 2.35. The van der Waals surface area contributed by atoms with E-state index in [9.17, 15) is 14.4 Å². The van der Waals surface area contributed by atoms with E-state index in [4.69, 9.17) is 17.0 Å². The van der Waals surface area contributed by atoms with Gasteiger partial charge in [-0.3, -0.25) is 9.59 Å². The number of benzene rings is 1. The van der Waals surface area contributed by atoms with Crippen LogP contribution in [0.5, 0.6) is 0 Å². The highest BCUT2D eigenvalue weighted by molar-refractivity contribution is 8.23. The van der Waals surface area contributed by atoms with Gasteiger partial charge in [0.25, 0.3) is 5.56 Å². The standard InChI is InChI=1S/C24H27N3O4S2/c1-3-31-23(30)17-7-9-19(10-8-17)25-22(29)15(2)33-24(32)26-12-16-11-18(14-26)20-5-4-6-21(28)27(20)13-16/h4-10,15-16,18H,3,11-14H2,1-2H3,(H,25,29)/t15-,16+,18+/m1/s1. The number of ether oxygens (including phenoxy) is 1. The van der Waals surface area contributed by atoms with Gasteiger partial charge in [0.1, 0.15) is 4.32 Å². The van der Waals surface area contributed by atoms with Crippen molar-refractivity contribution in [3.63, 3.8) is 0 Å². The van der Waals surface area contributed by atoms with Crippen molar-refractivity contribution >= 4 is 45.9 Å². The lowest BCUT2D eigenvalue weighted by Crippen LogP contribution is -2.48. The number of carbonyl (C=O) groups excluding carboxylic acids is 2. The number of nitrogens with one attached hydrogen (secondary N) is 1. The number of pyridine rings is 1. The van der Waals surface area contributed by atoms with Crippen molar-refractivity contribution in [3.8, 4) is 0 Å². The minimum absolute atomic E-state index is 0.0631. The molecule has 1 aromatic carbocycles. The van der Waals surface area contributed by atoms with Crippen molar-refractivity contribution in [1.82, 2.24) is 9.47 Å². The van der Waals surface area contributed by atoms with Crippen LogP contribution in [0.15, 0.2) is 47.3 Å². The Bertz CT molecular complexity index is 1120. The molecule has 1 aromatic heterocycles. The number of thioether (sulfide) groups is 1. The van der Waals surface area contributed by atoms with Gasteiger partial charge in [-0.05, 0) is 56.5 Å². The van der Waals surface area contributed by atoms with E-state index in [1.54, 1.807) is 37.3 Å². The number of anilines is 1. The van der Waals surface area contributed by atoms with Gasteiger partial charge in [0, 0.05) is 43.0 Å². The van der Waals surface area contributed by atoms with Crippen LogP contribution in [0.25, 0.3) is 0 Å². The second-order valence-electron chi connectivity index (χ2n) is 8.42. The molecular weight excluding hydrogens is 458 g/mol.